The lowest BCUT2D eigenvalue weighted by Gasteiger charge is -2.34. The molecule has 1 aromatic heterocycles. The van der Waals surface area contributed by atoms with E-state index in [9.17, 15) is 0 Å². The van der Waals surface area contributed by atoms with Crippen LogP contribution in [0.3, 0.4) is 0 Å². The molecule has 1 nitrogen and oxygen atoms in total. The lowest BCUT2D eigenvalue weighted by atomic mass is 9.67. The van der Waals surface area contributed by atoms with Gasteiger partial charge in [-0.3, -0.25) is 0 Å². The van der Waals surface area contributed by atoms with Crippen molar-refractivity contribution in [2.24, 2.45) is 0 Å². The number of hydrogen-bond acceptors (Lipinski definition) is 2. The molecule has 0 fully saturated rings. The summed E-state index contributed by atoms with van der Waals surface area (Å²) in [5.41, 5.74) is 17.4. The first-order chi connectivity index (χ1) is 27.5. The highest BCUT2D eigenvalue weighted by atomic mass is 32.1. The molecule has 0 unspecified atom stereocenters. The maximum atomic E-state index is 2.47. The fourth-order valence-corrected chi connectivity index (χ4v) is 11.1. The van der Waals surface area contributed by atoms with Gasteiger partial charge in [0.05, 0.1) is 5.41 Å². The lowest BCUT2D eigenvalue weighted by molar-refractivity contribution is 0.660. The van der Waals surface area contributed by atoms with Gasteiger partial charge in [0.15, 0.2) is 0 Å². The number of hydrogen-bond donors (Lipinski definition) is 0. The minimum absolute atomic E-state index is 0.0773. The highest BCUT2D eigenvalue weighted by molar-refractivity contribution is 7.22. The largest absolute Gasteiger partial charge is 0.310 e. The maximum absolute atomic E-state index is 2.47. The van der Waals surface area contributed by atoms with Crippen LogP contribution in [0.15, 0.2) is 200 Å². The zero-order valence-electron chi connectivity index (χ0n) is 31.4. The third-order valence-electron chi connectivity index (χ3n) is 12.4. The Morgan fingerprint density at radius 1 is 0.411 bits per heavy atom. The van der Waals surface area contributed by atoms with Crippen molar-refractivity contribution < 1.29 is 0 Å². The third-order valence-corrected chi connectivity index (χ3v) is 13.6. The second-order valence-electron chi connectivity index (χ2n) is 15.7. The Bertz CT molecular complexity index is 2880. The molecule has 56 heavy (non-hydrogen) atoms. The van der Waals surface area contributed by atoms with Crippen LogP contribution in [0, 0.1) is 0 Å². The summed E-state index contributed by atoms with van der Waals surface area (Å²) in [7, 11) is 0. The summed E-state index contributed by atoms with van der Waals surface area (Å²) < 4.78 is 1.33. The highest BCUT2D eigenvalue weighted by Crippen LogP contribution is 2.61. The molecule has 0 saturated heterocycles. The Morgan fingerprint density at radius 2 is 0.964 bits per heavy atom. The average Bonchev–Trinajstić information content (AvgIpc) is 3.86. The van der Waals surface area contributed by atoms with Gasteiger partial charge in [-0.05, 0) is 115 Å². The Kier molecular flexibility index (Phi) is 7.36. The van der Waals surface area contributed by atoms with E-state index >= 15 is 0 Å². The Hall–Kier alpha value is -6.48. The van der Waals surface area contributed by atoms with E-state index in [1.54, 1.807) is 0 Å². The molecule has 2 aliphatic rings. The second kappa shape index (κ2) is 12.5. The van der Waals surface area contributed by atoms with Crippen molar-refractivity contribution in [3.63, 3.8) is 0 Å². The van der Waals surface area contributed by atoms with E-state index < -0.39 is 5.41 Å². The Balaban J connectivity index is 1.05. The van der Waals surface area contributed by atoms with Crippen LogP contribution >= 0.6 is 11.3 Å². The van der Waals surface area contributed by atoms with E-state index in [2.05, 4.69) is 219 Å². The summed E-state index contributed by atoms with van der Waals surface area (Å²) in [6.45, 7) is 4.71. The van der Waals surface area contributed by atoms with Crippen molar-refractivity contribution in [3.8, 4) is 32.7 Å². The van der Waals surface area contributed by atoms with Gasteiger partial charge in [-0.25, -0.2) is 0 Å². The number of fused-ring (bicyclic) bond motifs is 8. The van der Waals surface area contributed by atoms with E-state index in [1.807, 2.05) is 11.3 Å². The molecule has 9 aromatic rings. The van der Waals surface area contributed by atoms with E-state index in [0.29, 0.717) is 0 Å². The fraction of sp³-hybridized carbons (Fsp3) is 0.0741. The summed E-state index contributed by atoms with van der Waals surface area (Å²) in [5.74, 6) is 0. The van der Waals surface area contributed by atoms with Crippen LogP contribution in [0.4, 0.5) is 17.1 Å². The summed E-state index contributed by atoms with van der Waals surface area (Å²) in [5, 5.41) is 1.34. The maximum Gasteiger partial charge on any atom is 0.0728 e. The van der Waals surface area contributed by atoms with E-state index in [0.717, 1.165) is 17.1 Å². The number of benzene rings is 8. The summed E-state index contributed by atoms with van der Waals surface area (Å²) >= 11 is 1.92. The molecule has 0 atom stereocenters. The normalized spacial score (nSPS) is 14.2. The van der Waals surface area contributed by atoms with Crippen molar-refractivity contribution in [2.75, 3.05) is 4.90 Å². The van der Waals surface area contributed by atoms with Gasteiger partial charge in [0.25, 0.3) is 0 Å². The average molecular weight is 734 g/mol. The van der Waals surface area contributed by atoms with Gasteiger partial charge in [-0.2, -0.15) is 0 Å². The standard InChI is InChI=1S/C54H39NS/c1-53(2)47-24-14-12-22-43(47)44-33-31-42(35-48(44)53)55(40-20-10-5-11-21-40)41-29-26-36(27-30-41)37-28-32-45-49(34-37)54(38-16-6-3-7-17-38,39-18-8-4-9-19-39)51-46-23-13-15-25-50(46)56-52(45)51/h3-35H,1-2H3. The quantitative estimate of drug-likeness (QED) is 0.164. The minimum atomic E-state index is -0.451. The van der Waals surface area contributed by atoms with Crippen LogP contribution in [-0.2, 0) is 10.8 Å². The summed E-state index contributed by atoms with van der Waals surface area (Å²) in [6, 6.07) is 74.2. The van der Waals surface area contributed by atoms with Gasteiger partial charge >= 0.3 is 0 Å². The molecule has 266 valence electrons. The fourth-order valence-electron chi connectivity index (χ4n) is 9.78. The van der Waals surface area contributed by atoms with Gasteiger partial charge in [-0.1, -0.05) is 166 Å². The van der Waals surface area contributed by atoms with Crippen LogP contribution in [0.5, 0.6) is 0 Å². The monoisotopic (exact) mass is 733 g/mol. The van der Waals surface area contributed by atoms with Gasteiger partial charge in [-0.15, -0.1) is 11.3 Å². The van der Waals surface area contributed by atoms with Crippen LogP contribution < -0.4 is 4.90 Å². The lowest BCUT2D eigenvalue weighted by Crippen LogP contribution is -2.28. The molecule has 1 heterocycles. The van der Waals surface area contributed by atoms with E-state index in [-0.39, 0.29) is 5.41 Å². The van der Waals surface area contributed by atoms with Crippen LogP contribution in [0.25, 0.3) is 42.8 Å². The molecular formula is C54H39NS. The molecule has 0 N–H and O–H groups in total. The molecule has 0 amide bonds. The first-order valence-corrected chi connectivity index (χ1v) is 20.3. The molecule has 0 radical (unpaired) electrons. The molecular weight excluding hydrogens is 695 g/mol. The van der Waals surface area contributed by atoms with Crippen molar-refractivity contribution in [3.05, 3.63) is 234 Å². The van der Waals surface area contributed by atoms with Gasteiger partial charge in [0.2, 0.25) is 0 Å². The van der Waals surface area contributed by atoms with E-state index in [1.165, 1.54) is 76.2 Å². The van der Waals surface area contributed by atoms with Crippen molar-refractivity contribution in [2.45, 2.75) is 24.7 Å². The van der Waals surface area contributed by atoms with Gasteiger partial charge in [0, 0.05) is 32.1 Å². The van der Waals surface area contributed by atoms with E-state index in [4.69, 9.17) is 0 Å². The molecule has 2 aliphatic carbocycles. The first-order valence-electron chi connectivity index (χ1n) is 19.5. The molecule has 2 heteroatoms. The topological polar surface area (TPSA) is 3.24 Å². The number of para-hydroxylation sites is 1. The number of anilines is 3. The second-order valence-corrected chi connectivity index (χ2v) is 16.7. The zero-order chi connectivity index (χ0) is 37.4. The molecule has 0 aliphatic heterocycles. The van der Waals surface area contributed by atoms with Gasteiger partial charge < -0.3 is 4.90 Å². The van der Waals surface area contributed by atoms with Crippen molar-refractivity contribution in [1.29, 1.82) is 0 Å². The predicted octanol–water partition coefficient (Wildman–Crippen LogP) is 14.7. The molecule has 8 aromatic carbocycles. The van der Waals surface area contributed by atoms with Crippen LogP contribution in [-0.4, -0.2) is 0 Å². The SMILES string of the molecule is CC1(C)c2ccccc2-c2ccc(N(c3ccccc3)c3ccc(-c4ccc5c(c4)C(c4ccccc4)(c4ccccc4)c4c-5sc5ccccc45)cc3)cc21. The predicted molar refractivity (Wildman–Crippen MR) is 237 cm³/mol. The highest BCUT2D eigenvalue weighted by Gasteiger charge is 2.48. The number of nitrogens with zero attached hydrogens (tertiary/aromatic N) is 1. The summed E-state index contributed by atoms with van der Waals surface area (Å²) in [6.07, 6.45) is 0. The third kappa shape index (κ3) is 4.73. The zero-order valence-corrected chi connectivity index (χ0v) is 32.2. The van der Waals surface area contributed by atoms with Crippen LogP contribution in [0.2, 0.25) is 0 Å². The molecule has 0 bridgehead atoms. The van der Waals surface area contributed by atoms with Gasteiger partial charge in [0.1, 0.15) is 0 Å². The molecule has 0 saturated carbocycles. The Morgan fingerprint density at radius 3 is 1.70 bits per heavy atom. The number of thiophene rings is 1. The molecule has 0 spiro atoms. The number of rotatable bonds is 6. The van der Waals surface area contributed by atoms with Crippen molar-refractivity contribution >= 4 is 38.5 Å². The Labute approximate surface area is 332 Å². The minimum Gasteiger partial charge on any atom is -0.310 e. The van der Waals surface area contributed by atoms with Crippen LogP contribution in [0.1, 0.15) is 47.2 Å². The summed E-state index contributed by atoms with van der Waals surface area (Å²) in [4.78, 5) is 3.76. The molecule has 11 rings (SSSR count). The van der Waals surface area contributed by atoms with Crippen molar-refractivity contribution in [1.82, 2.24) is 0 Å². The smallest absolute Gasteiger partial charge is 0.0728 e. The first kappa shape index (κ1) is 32.9.